The van der Waals surface area contributed by atoms with Crippen LogP contribution in [0.1, 0.15) is 27.2 Å². The van der Waals surface area contributed by atoms with Crippen LogP contribution in [0.3, 0.4) is 0 Å². The third kappa shape index (κ3) is 4.63. The van der Waals surface area contributed by atoms with Gasteiger partial charge in [-0.1, -0.05) is 30.3 Å². The second-order valence-electron chi connectivity index (χ2n) is 6.10. The van der Waals surface area contributed by atoms with Crippen LogP contribution in [0, 0.1) is 6.92 Å². The van der Waals surface area contributed by atoms with E-state index in [-0.39, 0.29) is 10.5 Å². The van der Waals surface area contributed by atoms with Gasteiger partial charge in [0, 0.05) is 11.9 Å². The summed E-state index contributed by atoms with van der Waals surface area (Å²) in [5.74, 6) is -1.18. The number of aryl methyl sites for hydroxylation is 1. The Balaban J connectivity index is 1.86. The molecular formula is C21H18N2O4S. The molecule has 3 aromatic rings. The van der Waals surface area contributed by atoms with Gasteiger partial charge < -0.3 is 5.11 Å². The first kappa shape index (κ1) is 19.3. The van der Waals surface area contributed by atoms with E-state index in [0.717, 1.165) is 17.3 Å². The van der Waals surface area contributed by atoms with E-state index in [9.17, 15) is 13.2 Å². The minimum absolute atomic E-state index is 0.0677. The normalized spacial score (nSPS) is 11.5. The Hall–Kier alpha value is -3.45. The molecule has 0 saturated carbocycles. The molecule has 3 rings (SSSR count). The molecule has 0 unspecified atom stereocenters. The second-order valence-corrected chi connectivity index (χ2v) is 7.76. The predicted molar refractivity (Wildman–Crippen MR) is 109 cm³/mol. The van der Waals surface area contributed by atoms with Gasteiger partial charge in [-0.25, -0.2) is 13.2 Å². The lowest BCUT2D eigenvalue weighted by atomic mass is 10.1. The molecule has 2 N–H and O–H groups in total. The Labute approximate surface area is 163 Å². The monoisotopic (exact) mass is 394 g/mol. The molecule has 0 saturated heterocycles. The highest BCUT2D eigenvalue weighted by molar-refractivity contribution is 7.92. The first-order valence-corrected chi connectivity index (χ1v) is 9.89. The number of carboxylic acids is 1. The van der Waals surface area contributed by atoms with Gasteiger partial charge in [-0.15, -0.1) is 0 Å². The molecule has 1 heterocycles. The van der Waals surface area contributed by atoms with Gasteiger partial charge in [0.05, 0.1) is 16.2 Å². The number of aromatic carboxylic acids is 1. The molecule has 0 amide bonds. The highest BCUT2D eigenvalue weighted by Crippen LogP contribution is 2.22. The molecule has 0 aliphatic heterocycles. The van der Waals surface area contributed by atoms with Gasteiger partial charge >= 0.3 is 5.97 Å². The number of sulfonamides is 1. The molecule has 28 heavy (non-hydrogen) atoms. The van der Waals surface area contributed by atoms with E-state index >= 15 is 0 Å². The summed E-state index contributed by atoms with van der Waals surface area (Å²) in [5, 5.41) is 9.12. The van der Waals surface area contributed by atoms with Gasteiger partial charge in [0.15, 0.2) is 0 Å². The van der Waals surface area contributed by atoms with Gasteiger partial charge in [-0.2, -0.15) is 0 Å². The largest absolute Gasteiger partial charge is 0.478 e. The smallest absolute Gasteiger partial charge is 0.335 e. The van der Waals surface area contributed by atoms with Gasteiger partial charge in [0.2, 0.25) is 0 Å². The molecule has 7 heteroatoms. The van der Waals surface area contributed by atoms with Gasteiger partial charge in [0.25, 0.3) is 10.0 Å². The Morgan fingerprint density at radius 3 is 2.57 bits per heavy atom. The van der Waals surface area contributed by atoms with E-state index in [0.29, 0.717) is 11.3 Å². The van der Waals surface area contributed by atoms with Gasteiger partial charge in [0.1, 0.15) is 0 Å². The minimum atomic E-state index is -3.93. The van der Waals surface area contributed by atoms with E-state index < -0.39 is 16.0 Å². The maximum atomic E-state index is 12.8. The van der Waals surface area contributed by atoms with Crippen LogP contribution in [0.25, 0.3) is 12.2 Å². The number of pyridine rings is 1. The number of hydrogen-bond acceptors (Lipinski definition) is 4. The SMILES string of the molecule is Cc1ccc(C(=O)O)cc1S(=O)(=O)Nc1cccc(/C=C/c2ccccn2)c1. The van der Waals surface area contributed by atoms with Gasteiger partial charge in [-0.3, -0.25) is 9.71 Å². The quantitative estimate of drug-likeness (QED) is 0.657. The molecule has 0 aliphatic rings. The van der Waals surface area contributed by atoms with Crippen molar-refractivity contribution in [3.05, 3.63) is 89.2 Å². The fourth-order valence-corrected chi connectivity index (χ4v) is 3.92. The highest BCUT2D eigenvalue weighted by atomic mass is 32.2. The van der Waals surface area contributed by atoms with Crippen molar-refractivity contribution in [3.8, 4) is 0 Å². The van der Waals surface area contributed by atoms with Crippen LogP contribution in [0.4, 0.5) is 5.69 Å². The highest BCUT2D eigenvalue weighted by Gasteiger charge is 2.19. The third-order valence-corrected chi connectivity index (χ3v) is 5.52. The summed E-state index contributed by atoms with van der Waals surface area (Å²) in [5.41, 5.74) is 2.33. The van der Waals surface area contributed by atoms with Crippen LogP contribution in [0.2, 0.25) is 0 Å². The Kier molecular flexibility index (Phi) is 5.56. The average molecular weight is 394 g/mol. The van der Waals surface area contributed by atoms with Crippen LogP contribution in [-0.2, 0) is 10.0 Å². The number of nitrogens with zero attached hydrogens (tertiary/aromatic N) is 1. The zero-order valence-corrected chi connectivity index (χ0v) is 15.8. The molecule has 0 aliphatic carbocycles. The summed E-state index contributed by atoms with van der Waals surface area (Å²) < 4.78 is 28.0. The lowest BCUT2D eigenvalue weighted by molar-refractivity contribution is 0.0696. The first-order chi connectivity index (χ1) is 13.3. The Morgan fingerprint density at radius 2 is 1.86 bits per heavy atom. The molecule has 6 nitrogen and oxygen atoms in total. The summed E-state index contributed by atoms with van der Waals surface area (Å²) >= 11 is 0. The van der Waals surface area contributed by atoms with Crippen molar-refractivity contribution in [2.75, 3.05) is 4.72 Å². The topological polar surface area (TPSA) is 96.4 Å². The maximum Gasteiger partial charge on any atom is 0.335 e. The number of aromatic nitrogens is 1. The molecule has 0 atom stereocenters. The van der Waals surface area contributed by atoms with Crippen molar-refractivity contribution >= 4 is 33.8 Å². The molecule has 142 valence electrons. The van der Waals surface area contributed by atoms with E-state index in [4.69, 9.17) is 5.11 Å². The van der Waals surface area contributed by atoms with Crippen LogP contribution < -0.4 is 4.72 Å². The zero-order chi connectivity index (χ0) is 20.1. The van der Waals surface area contributed by atoms with Crippen molar-refractivity contribution in [1.82, 2.24) is 4.98 Å². The number of carbonyl (C=O) groups is 1. The molecule has 0 bridgehead atoms. The summed E-state index contributed by atoms with van der Waals surface area (Å²) in [7, 11) is -3.93. The summed E-state index contributed by atoms with van der Waals surface area (Å²) in [4.78, 5) is 15.3. The van der Waals surface area contributed by atoms with Crippen LogP contribution >= 0.6 is 0 Å². The molecule has 0 spiro atoms. The molecule has 0 radical (unpaired) electrons. The lowest BCUT2D eigenvalue weighted by Crippen LogP contribution is -2.15. The third-order valence-electron chi connectivity index (χ3n) is 4.00. The van der Waals surface area contributed by atoms with Crippen LogP contribution in [0.15, 0.2) is 71.8 Å². The van der Waals surface area contributed by atoms with E-state index in [1.165, 1.54) is 12.1 Å². The summed E-state index contributed by atoms with van der Waals surface area (Å²) in [6, 6.07) is 16.5. The number of nitrogens with one attached hydrogen (secondary N) is 1. The fourth-order valence-electron chi connectivity index (χ4n) is 2.59. The molecule has 2 aromatic carbocycles. The van der Waals surface area contributed by atoms with Crippen molar-refractivity contribution in [3.63, 3.8) is 0 Å². The lowest BCUT2D eigenvalue weighted by Gasteiger charge is -2.11. The van der Waals surface area contributed by atoms with E-state index in [2.05, 4.69) is 9.71 Å². The van der Waals surface area contributed by atoms with E-state index in [1.54, 1.807) is 31.3 Å². The summed E-state index contributed by atoms with van der Waals surface area (Å²) in [6.07, 6.45) is 5.35. The second kappa shape index (κ2) is 8.06. The maximum absolute atomic E-state index is 12.8. The Bertz CT molecular complexity index is 1140. The molecular weight excluding hydrogens is 376 g/mol. The van der Waals surface area contributed by atoms with Gasteiger partial charge in [-0.05, 0) is 60.5 Å². The molecule has 0 fully saturated rings. The van der Waals surface area contributed by atoms with E-state index in [1.807, 2.05) is 36.4 Å². The van der Waals surface area contributed by atoms with Crippen LogP contribution in [-0.4, -0.2) is 24.5 Å². The minimum Gasteiger partial charge on any atom is -0.478 e. The number of anilines is 1. The van der Waals surface area contributed by atoms with Crippen LogP contribution in [0.5, 0.6) is 0 Å². The number of benzene rings is 2. The van der Waals surface area contributed by atoms with Crippen molar-refractivity contribution in [2.45, 2.75) is 11.8 Å². The van der Waals surface area contributed by atoms with Crippen molar-refractivity contribution < 1.29 is 18.3 Å². The van der Waals surface area contributed by atoms with Crippen molar-refractivity contribution in [2.24, 2.45) is 0 Å². The molecule has 1 aromatic heterocycles. The Morgan fingerprint density at radius 1 is 1.04 bits per heavy atom. The summed E-state index contributed by atoms with van der Waals surface area (Å²) in [6.45, 7) is 1.62. The number of carboxylic acid groups (broad SMARTS) is 1. The number of hydrogen-bond donors (Lipinski definition) is 2. The average Bonchev–Trinajstić information content (AvgIpc) is 2.67. The standard InChI is InChI=1S/C21H18N2O4S/c1-15-8-10-17(21(24)25)14-20(15)28(26,27)23-19-7-4-5-16(13-19)9-11-18-6-2-3-12-22-18/h2-14,23H,1H3,(H,24,25)/b11-9+. The fraction of sp³-hybridized carbons (Fsp3) is 0.0476. The van der Waals surface area contributed by atoms with Crippen molar-refractivity contribution in [1.29, 1.82) is 0 Å². The number of rotatable bonds is 6. The first-order valence-electron chi connectivity index (χ1n) is 8.41. The zero-order valence-electron chi connectivity index (χ0n) is 15.0. The predicted octanol–water partition coefficient (Wildman–Crippen LogP) is 4.06.